The van der Waals surface area contributed by atoms with Crippen molar-refractivity contribution in [2.75, 3.05) is 38.1 Å². The number of carbonyl (C=O) groups is 1. The first-order chi connectivity index (χ1) is 14.3. The number of hydrogen-bond donors (Lipinski definition) is 2. The number of hydrogen-bond acceptors (Lipinski definition) is 7. The minimum absolute atomic E-state index is 0.0644. The average Bonchev–Trinajstić information content (AvgIpc) is 3.08. The molecule has 2 N–H and O–H groups in total. The molecule has 10 heteroatoms. The van der Waals surface area contributed by atoms with Gasteiger partial charge in [0.1, 0.15) is 0 Å². The molecule has 1 aliphatic rings. The molecule has 0 saturated carbocycles. The first-order valence-electron chi connectivity index (χ1n) is 9.96. The molecule has 1 aromatic heterocycles. The quantitative estimate of drug-likeness (QED) is 0.677. The van der Waals surface area contributed by atoms with Crippen LogP contribution in [0.3, 0.4) is 0 Å². The normalized spacial score (nSPS) is 17.1. The van der Waals surface area contributed by atoms with Crippen molar-refractivity contribution in [3.05, 3.63) is 41.6 Å². The highest BCUT2D eigenvalue weighted by Gasteiger charge is 2.30. The number of nitrogens with one attached hydrogen (secondary N) is 1. The van der Waals surface area contributed by atoms with E-state index >= 15 is 0 Å². The molecular formula is C20H28N4O5S. The highest BCUT2D eigenvalue weighted by molar-refractivity contribution is 7.89. The van der Waals surface area contributed by atoms with Crippen LogP contribution in [-0.2, 0) is 10.0 Å². The molecule has 1 aliphatic heterocycles. The number of rotatable bonds is 7. The Bertz CT molecular complexity index is 975. The maximum atomic E-state index is 13.0. The molecule has 0 aliphatic carbocycles. The molecule has 1 saturated heterocycles. The van der Waals surface area contributed by atoms with Gasteiger partial charge in [-0.15, -0.1) is 0 Å². The van der Waals surface area contributed by atoms with Crippen molar-refractivity contribution in [2.45, 2.75) is 38.1 Å². The van der Waals surface area contributed by atoms with Crippen LogP contribution in [0.5, 0.6) is 0 Å². The molecule has 164 valence electrons. The third-order valence-electron chi connectivity index (χ3n) is 5.33. The standard InChI is InChI=1S/C20H28N4O5S/c1-4-17(13-25)23-9-11-24(12-10-23)30(27,28)18-7-5-16(6-8-18)22-20(26)19-14(2)21-15(3)29-19/h5-8,17,25H,4,9-13H2,1-3H3,(H,22,26)/t17-/m1/s1. The number of sulfonamides is 1. The van der Waals surface area contributed by atoms with Gasteiger partial charge in [-0.05, 0) is 37.6 Å². The van der Waals surface area contributed by atoms with E-state index in [1.54, 1.807) is 26.0 Å². The Morgan fingerprint density at radius 1 is 1.20 bits per heavy atom. The fourth-order valence-electron chi connectivity index (χ4n) is 3.60. The van der Waals surface area contributed by atoms with Crippen molar-refractivity contribution >= 4 is 21.6 Å². The molecule has 0 unspecified atom stereocenters. The van der Waals surface area contributed by atoms with E-state index in [2.05, 4.69) is 15.2 Å². The van der Waals surface area contributed by atoms with Crippen LogP contribution in [0.1, 0.15) is 35.5 Å². The van der Waals surface area contributed by atoms with Gasteiger partial charge in [-0.1, -0.05) is 6.92 Å². The number of nitrogens with zero attached hydrogens (tertiary/aromatic N) is 3. The number of aromatic nitrogens is 1. The summed E-state index contributed by atoms with van der Waals surface area (Å²) in [6, 6.07) is 6.14. The van der Waals surface area contributed by atoms with Crippen LogP contribution in [0.4, 0.5) is 5.69 Å². The molecular weight excluding hydrogens is 408 g/mol. The van der Waals surface area contributed by atoms with Gasteiger partial charge in [0, 0.05) is 44.8 Å². The predicted octanol–water partition coefficient (Wildman–Crippen LogP) is 1.62. The lowest BCUT2D eigenvalue weighted by atomic mass is 10.2. The Kier molecular flexibility index (Phi) is 6.91. The Morgan fingerprint density at radius 3 is 2.33 bits per heavy atom. The second-order valence-corrected chi connectivity index (χ2v) is 9.25. The summed E-state index contributed by atoms with van der Waals surface area (Å²) in [4.78, 5) is 18.7. The summed E-state index contributed by atoms with van der Waals surface area (Å²) in [7, 11) is -3.62. The molecule has 30 heavy (non-hydrogen) atoms. The summed E-state index contributed by atoms with van der Waals surface area (Å²) < 4.78 is 32.7. The Hall–Kier alpha value is -2.27. The van der Waals surface area contributed by atoms with E-state index in [-0.39, 0.29) is 23.3 Å². The average molecular weight is 437 g/mol. The zero-order valence-corrected chi connectivity index (χ0v) is 18.3. The van der Waals surface area contributed by atoms with Crippen LogP contribution in [-0.4, -0.2) is 72.4 Å². The highest BCUT2D eigenvalue weighted by atomic mass is 32.2. The first kappa shape index (κ1) is 22.4. The van der Waals surface area contributed by atoms with E-state index < -0.39 is 15.9 Å². The summed E-state index contributed by atoms with van der Waals surface area (Å²) in [5, 5.41) is 12.1. The van der Waals surface area contributed by atoms with Gasteiger partial charge in [-0.25, -0.2) is 13.4 Å². The smallest absolute Gasteiger partial charge is 0.293 e. The summed E-state index contributed by atoms with van der Waals surface area (Å²) in [6.07, 6.45) is 0.823. The Balaban J connectivity index is 1.65. The minimum Gasteiger partial charge on any atom is -0.436 e. The third-order valence-corrected chi connectivity index (χ3v) is 7.24. The number of amides is 1. The molecule has 0 radical (unpaired) electrons. The molecule has 1 amide bonds. The van der Waals surface area contributed by atoms with Gasteiger partial charge in [-0.3, -0.25) is 9.69 Å². The first-order valence-corrected chi connectivity index (χ1v) is 11.4. The number of aryl methyl sites for hydroxylation is 2. The van der Waals surface area contributed by atoms with Gasteiger partial charge in [0.15, 0.2) is 5.89 Å². The summed E-state index contributed by atoms with van der Waals surface area (Å²) in [5.74, 6) is 0.105. The summed E-state index contributed by atoms with van der Waals surface area (Å²) in [5.41, 5.74) is 0.959. The maximum Gasteiger partial charge on any atom is 0.293 e. The Labute approximate surface area is 176 Å². The van der Waals surface area contributed by atoms with Crippen molar-refractivity contribution in [2.24, 2.45) is 0 Å². The van der Waals surface area contributed by atoms with Gasteiger partial charge in [0.2, 0.25) is 15.8 Å². The number of aliphatic hydroxyl groups is 1. The molecule has 0 bridgehead atoms. The number of carbonyl (C=O) groups excluding carboxylic acids is 1. The van der Waals surface area contributed by atoms with Crippen LogP contribution in [0, 0.1) is 13.8 Å². The molecule has 1 fully saturated rings. The number of aliphatic hydroxyl groups excluding tert-OH is 1. The predicted molar refractivity (Wildman–Crippen MR) is 112 cm³/mol. The number of oxazole rings is 1. The van der Waals surface area contributed by atoms with Crippen LogP contribution < -0.4 is 5.32 Å². The van der Waals surface area contributed by atoms with Gasteiger partial charge in [-0.2, -0.15) is 4.31 Å². The van der Waals surface area contributed by atoms with E-state index in [1.165, 1.54) is 16.4 Å². The SMILES string of the molecule is CC[C@H](CO)N1CCN(S(=O)(=O)c2ccc(NC(=O)c3oc(C)nc3C)cc2)CC1. The molecule has 2 aromatic rings. The number of piperazine rings is 1. The van der Waals surface area contributed by atoms with Crippen molar-refractivity contribution in [1.29, 1.82) is 0 Å². The fraction of sp³-hybridized carbons (Fsp3) is 0.500. The van der Waals surface area contributed by atoms with Gasteiger partial charge in [0.25, 0.3) is 5.91 Å². The molecule has 9 nitrogen and oxygen atoms in total. The maximum absolute atomic E-state index is 13.0. The van der Waals surface area contributed by atoms with E-state index in [0.29, 0.717) is 43.5 Å². The van der Waals surface area contributed by atoms with E-state index in [9.17, 15) is 18.3 Å². The lowest BCUT2D eigenvalue weighted by molar-refractivity contribution is 0.0881. The van der Waals surface area contributed by atoms with Crippen LogP contribution >= 0.6 is 0 Å². The lowest BCUT2D eigenvalue weighted by Gasteiger charge is -2.37. The minimum atomic E-state index is -3.62. The van der Waals surface area contributed by atoms with Crippen molar-refractivity contribution in [3.8, 4) is 0 Å². The zero-order chi connectivity index (χ0) is 21.9. The second-order valence-electron chi connectivity index (χ2n) is 7.31. The van der Waals surface area contributed by atoms with Crippen molar-refractivity contribution in [1.82, 2.24) is 14.2 Å². The Morgan fingerprint density at radius 2 is 1.83 bits per heavy atom. The number of benzene rings is 1. The molecule has 3 rings (SSSR count). The molecule has 2 heterocycles. The van der Waals surface area contributed by atoms with Gasteiger partial charge in [0.05, 0.1) is 17.2 Å². The monoisotopic (exact) mass is 436 g/mol. The van der Waals surface area contributed by atoms with Crippen molar-refractivity contribution in [3.63, 3.8) is 0 Å². The topological polar surface area (TPSA) is 116 Å². The third kappa shape index (κ3) is 4.72. The van der Waals surface area contributed by atoms with Crippen LogP contribution in [0.15, 0.2) is 33.6 Å². The second kappa shape index (κ2) is 9.25. The summed E-state index contributed by atoms with van der Waals surface area (Å²) >= 11 is 0. The van der Waals surface area contributed by atoms with Crippen LogP contribution in [0.25, 0.3) is 0 Å². The van der Waals surface area contributed by atoms with Crippen molar-refractivity contribution < 1.29 is 22.7 Å². The summed E-state index contributed by atoms with van der Waals surface area (Å²) in [6.45, 7) is 7.35. The molecule has 1 aromatic carbocycles. The van der Waals surface area contributed by atoms with Crippen LogP contribution in [0.2, 0.25) is 0 Å². The van der Waals surface area contributed by atoms with Gasteiger partial charge < -0.3 is 14.8 Å². The van der Waals surface area contributed by atoms with E-state index in [4.69, 9.17) is 4.42 Å². The fourth-order valence-corrected chi connectivity index (χ4v) is 5.02. The lowest BCUT2D eigenvalue weighted by Crippen LogP contribution is -2.52. The largest absolute Gasteiger partial charge is 0.436 e. The van der Waals surface area contributed by atoms with E-state index in [0.717, 1.165) is 6.42 Å². The highest BCUT2D eigenvalue weighted by Crippen LogP contribution is 2.21. The molecule has 1 atom stereocenters. The van der Waals surface area contributed by atoms with Gasteiger partial charge >= 0.3 is 0 Å². The molecule has 0 spiro atoms. The van der Waals surface area contributed by atoms with E-state index in [1.807, 2.05) is 6.92 Å². The number of anilines is 1. The zero-order valence-electron chi connectivity index (χ0n) is 17.5.